The van der Waals surface area contributed by atoms with Crippen molar-refractivity contribution in [2.24, 2.45) is 0 Å². The van der Waals surface area contributed by atoms with Gasteiger partial charge in [0.2, 0.25) is 0 Å². The SMILES string of the molecule is O=C([O-])c1cc(Cl)cc(C(=O)[O-])c1.[K+].[K+]. The van der Waals surface area contributed by atoms with Crippen molar-refractivity contribution in [3.8, 4) is 0 Å². The molecule has 0 atom stereocenters. The third kappa shape index (κ3) is 6.27. The van der Waals surface area contributed by atoms with Crippen LogP contribution in [0.25, 0.3) is 0 Å². The number of carboxylic acids is 2. The van der Waals surface area contributed by atoms with Crippen LogP contribution >= 0.6 is 11.6 Å². The van der Waals surface area contributed by atoms with E-state index < -0.39 is 11.9 Å². The number of aromatic carboxylic acids is 2. The van der Waals surface area contributed by atoms with E-state index >= 15 is 0 Å². The van der Waals surface area contributed by atoms with Gasteiger partial charge in [0.05, 0.1) is 11.9 Å². The van der Waals surface area contributed by atoms with E-state index in [4.69, 9.17) is 11.6 Å². The maximum absolute atomic E-state index is 10.3. The minimum Gasteiger partial charge on any atom is -0.545 e. The molecule has 0 unspecified atom stereocenters. The summed E-state index contributed by atoms with van der Waals surface area (Å²) in [6, 6.07) is 3.13. The van der Waals surface area contributed by atoms with Crippen LogP contribution in [0, 0.1) is 0 Å². The Kier molecular flexibility index (Phi) is 11.1. The fraction of sp³-hybridized carbons (Fsp3) is 0. The second kappa shape index (κ2) is 8.76. The van der Waals surface area contributed by atoms with Gasteiger partial charge < -0.3 is 19.8 Å². The van der Waals surface area contributed by atoms with Crippen molar-refractivity contribution < 1.29 is 123 Å². The molecule has 0 fully saturated rings. The van der Waals surface area contributed by atoms with Crippen molar-refractivity contribution in [1.82, 2.24) is 0 Å². The summed E-state index contributed by atoms with van der Waals surface area (Å²) in [5, 5.41) is 20.7. The van der Waals surface area contributed by atoms with Crippen molar-refractivity contribution in [2.75, 3.05) is 0 Å². The molecule has 0 bridgehead atoms. The number of carbonyl (C=O) groups excluding carboxylic acids is 2. The van der Waals surface area contributed by atoms with Crippen LogP contribution in [-0.2, 0) is 0 Å². The summed E-state index contributed by atoms with van der Waals surface area (Å²) >= 11 is 5.46. The van der Waals surface area contributed by atoms with Crippen molar-refractivity contribution >= 4 is 23.5 Å². The predicted octanol–water partition coefficient (Wildman–Crippen LogP) is -6.92. The van der Waals surface area contributed by atoms with E-state index in [1.54, 1.807) is 0 Å². The van der Waals surface area contributed by atoms with Gasteiger partial charge in [-0.15, -0.1) is 0 Å². The summed E-state index contributed by atoms with van der Waals surface area (Å²) in [4.78, 5) is 20.7. The van der Waals surface area contributed by atoms with E-state index in [1.165, 1.54) is 0 Å². The number of carbonyl (C=O) groups is 2. The smallest absolute Gasteiger partial charge is 0.545 e. The molecule has 0 saturated heterocycles. The summed E-state index contributed by atoms with van der Waals surface area (Å²) in [5.41, 5.74) is -0.571. The van der Waals surface area contributed by atoms with Gasteiger partial charge in [0.15, 0.2) is 0 Å². The third-order valence-corrected chi connectivity index (χ3v) is 1.59. The Hall–Kier alpha value is 1.72. The first-order valence-electron chi connectivity index (χ1n) is 3.24. The topological polar surface area (TPSA) is 80.3 Å². The van der Waals surface area contributed by atoms with Gasteiger partial charge in [-0.25, -0.2) is 0 Å². The molecule has 0 spiro atoms. The molecule has 0 N–H and O–H groups in total. The molecule has 0 aliphatic rings. The van der Waals surface area contributed by atoms with Crippen LogP contribution in [-0.4, -0.2) is 11.9 Å². The normalized spacial score (nSPS) is 8.33. The maximum Gasteiger partial charge on any atom is 1.00 e. The molecule has 0 aromatic heterocycles. The molecule has 0 radical (unpaired) electrons. The van der Waals surface area contributed by atoms with Crippen molar-refractivity contribution in [3.63, 3.8) is 0 Å². The molecule has 15 heavy (non-hydrogen) atoms. The zero-order valence-corrected chi connectivity index (χ0v) is 15.2. The fourth-order valence-electron chi connectivity index (χ4n) is 0.825. The summed E-state index contributed by atoms with van der Waals surface area (Å²) in [5.74, 6) is -2.96. The number of rotatable bonds is 2. The minimum atomic E-state index is -1.48. The molecular formula is C8H3ClK2O4. The van der Waals surface area contributed by atoms with Gasteiger partial charge in [-0.2, -0.15) is 0 Å². The molecule has 0 aliphatic heterocycles. The van der Waals surface area contributed by atoms with Crippen LogP contribution in [0.2, 0.25) is 5.02 Å². The largest absolute Gasteiger partial charge is 1.00 e. The van der Waals surface area contributed by atoms with Gasteiger partial charge in [-0.3, -0.25) is 0 Å². The Morgan fingerprint density at radius 1 is 0.933 bits per heavy atom. The van der Waals surface area contributed by atoms with Crippen LogP contribution in [0.4, 0.5) is 0 Å². The molecule has 4 nitrogen and oxygen atoms in total. The molecule has 0 aliphatic carbocycles. The Morgan fingerprint density at radius 3 is 1.53 bits per heavy atom. The zero-order chi connectivity index (χ0) is 10.0. The Balaban J connectivity index is 0. The van der Waals surface area contributed by atoms with Crippen molar-refractivity contribution in [2.45, 2.75) is 0 Å². The van der Waals surface area contributed by atoms with E-state index in [0.717, 1.165) is 18.2 Å². The summed E-state index contributed by atoms with van der Waals surface area (Å²) in [6.07, 6.45) is 0. The maximum atomic E-state index is 10.3. The van der Waals surface area contributed by atoms with Gasteiger partial charge in [0, 0.05) is 5.02 Å². The van der Waals surface area contributed by atoms with Crippen LogP contribution < -0.4 is 113 Å². The predicted molar refractivity (Wildman–Crippen MR) is 40.1 cm³/mol. The first kappa shape index (κ1) is 19.1. The second-order valence-corrected chi connectivity index (χ2v) is 2.74. The molecule has 0 saturated carbocycles. The molecule has 7 heteroatoms. The first-order chi connectivity index (χ1) is 6.00. The van der Waals surface area contributed by atoms with Gasteiger partial charge in [-0.1, -0.05) is 11.6 Å². The quantitative estimate of drug-likeness (QED) is 0.503. The van der Waals surface area contributed by atoms with Gasteiger partial charge in [0.1, 0.15) is 0 Å². The molecule has 0 heterocycles. The Morgan fingerprint density at radius 2 is 1.27 bits per heavy atom. The van der Waals surface area contributed by atoms with Crippen LogP contribution in [0.3, 0.4) is 0 Å². The van der Waals surface area contributed by atoms with Crippen LogP contribution in [0.15, 0.2) is 18.2 Å². The molecule has 1 rings (SSSR count). The van der Waals surface area contributed by atoms with Crippen LogP contribution in [0.5, 0.6) is 0 Å². The number of halogens is 1. The van der Waals surface area contributed by atoms with E-state index in [9.17, 15) is 19.8 Å². The molecule has 1 aromatic rings. The van der Waals surface area contributed by atoms with Gasteiger partial charge >= 0.3 is 103 Å². The van der Waals surface area contributed by atoms with Crippen molar-refractivity contribution in [3.05, 3.63) is 34.3 Å². The molecule has 68 valence electrons. The van der Waals surface area contributed by atoms with E-state index in [0.29, 0.717) is 0 Å². The molecule has 1 aromatic carbocycles. The third-order valence-electron chi connectivity index (χ3n) is 1.37. The first-order valence-corrected chi connectivity index (χ1v) is 3.62. The monoisotopic (exact) mass is 276 g/mol. The van der Waals surface area contributed by atoms with Crippen molar-refractivity contribution in [1.29, 1.82) is 0 Å². The Labute approximate surface area is 176 Å². The minimum absolute atomic E-state index is 0. The van der Waals surface area contributed by atoms with Gasteiger partial charge in [0.25, 0.3) is 0 Å². The number of hydrogen-bond acceptors (Lipinski definition) is 4. The van der Waals surface area contributed by atoms with Gasteiger partial charge in [-0.05, 0) is 29.3 Å². The van der Waals surface area contributed by atoms with E-state index in [-0.39, 0.29) is 119 Å². The van der Waals surface area contributed by atoms with Crippen LogP contribution in [0.1, 0.15) is 20.7 Å². The summed E-state index contributed by atoms with van der Waals surface area (Å²) < 4.78 is 0. The van der Waals surface area contributed by atoms with E-state index in [2.05, 4.69) is 0 Å². The summed E-state index contributed by atoms with van der Waals surface area (Å²) in [6.45, 7) is 0. The Bertz CT molecular complexity index is 349. The number of benzene rings is 1. The summed E-state index contributed by atoms with van der Waals surface area (Å²) in [7, 11) is 0. The molecular weight excluding hydrogens is 274 g/mol. The average molecular weight is 277 g/mol. The molecule has 0 amide bonds. The van der Waals surface area contributed by atoms with E-state index in [1.807, 2.05) is 0 Å². The zero-order valence-electron chi connectivity index (χ0n) is 8.24. The number of carboxylic acid groups (broad SMARTS) is 2. The number of hydrogen-bond donors (Lipinski definition) is 0. The average Bonchev–Trinajstić information content (AvgIpc) is 2.03. The fourth-order valence-corrected chi connectivity index (χ4v) is 1.06. The second-order valence-electron chi connectivity index (χ2n) is 2.30. The standard InChI is InChI=1S/C8H5ClO4.2K/c9-6-2-4(7(10)11)1-5(3-6)8(12)13;;/h1-3H,(H,10,11)(H,12,13);;/q;2*+1/p-2.